The van der Waals surface area contributed by atoms with Crippen molar-refractivity contribution in [2.75, 3.05) is 4.72 Å². The molecule has 3 aromatic rings. The van der Waals surface area contributed by atoms with Crippen LogP contribution in [0.3, 0.4) is 0 Å². The Morgan fingerprint density at radius 1 is 1.21 bits per heavy atom. The number of halogens is 1. The van der Waals surface area contributed by atoms with Crippen molar-refractivity contribution in [1.82, 2.24) is 19.7 Å². The third-order valence-electron chi connectivity index (χ3n) is 3.49. The first kappa shape index (κ1) is 16.8. The fraction of sp³-hybridized carbons (Fsp3) is 0.235. The molecule has 0 saturated carbocycles. The van der Waals surface area contributed by atoms with Crippen molar-refractivity contribution in [2.45, 2.75) is 24.7 Å². The standard InChI is InChI=1S/C17H18ClN5S/c1-11(2)13-6-4-5-7-14(13)15-8-16(18)21-17(20-15)22-24-12-9-19-23(3)10-12/h4-11H,1-3H3,(H,20,21,22). The summed E-state index contributed by atoms with van der Waals surface area (Å²) in [5, 5.41) is 4.54. The summed E-state index contributed by atoms with van der Waals surface area (Å²) in [7, 11) is 1.88. The molecule has 1 N–H and O–H groups in total. The van der Waals surface area contributed by atoms with Gasteiger partial charge >= 0.3 is 0 Å². The Bertz CT molecular complexity index is 847. The number of hydrogen-bond acceptors (Lipinski definition) is 5. The summed E-state index contributed by atoms with van der Waals surface area (Å²) in [6.45, 7) is 4.33. The molecular weight excluding hydrogens is 342 g/mol. The van der Waals surface area contributed by atoms with E-state index in [4.69, 9.17) is 11.6 Å². The molecule has 0 aliphatic heterocycles. The third kappa shape index (κ3) is 3.88. The predicted molar refractivity (Wildman–Crippen MR) is 99.3 cm³/mol. The number of nitrogens with one attached hydrogen (secondary N) is 1. The van der Waals surface area contributed by atoms with Gasteiger partial charge in [0, 0.05) is 24.9 Å². The number of aryl methyl sites for hydroxylation is 1. The van der Waals surface area contributed by atoms with E-state index in [1.165, 1.54) is 17.5 Å². The Kier molecular flexibility index (Phi) is 5.06. The van der Waals surface area contributed by atoms with Gasteiger partial charge in [-0.2, -0.15) is 5.10 Å². The number of aromatic nitrogens is 4. The highest BCUT2D eigenvalue weighted by Crippen LogP contribution is 2.30. The van der Waals surface area contributed by atoms with Crippen molar-refractivity contribution < 1.29 is 0 Å². The summed E-state index contributed by atoms with van der Waals surface area (Å²) in [5.74, 6) is 0.876. The molecule has 0 unspecified atom stereocenters. The van der Waals surface area contributed by atoms with Crippen LogP contribution in [0.5, 0.6) is 0 Å². The number of anilines is 1. The summed E-state index contributed by atoms with van der Waals surface area (Å²) in [6, 6.07) is 10.0. The van der Waals surface area contributed by atoms with Gasteiger partial charge in [-0.05, 0) is 23.4 Å². The van der Waals surface area contributed by atoms with Crippen LogP contribution in [0.15, 0.2) is 47.6 Å². The van der Waals surface area contributed by atoms with Gasteiger partial charge < -0.3 is 0 Å². The van der Waals surface area contributed by atoms with Crippen molar-refractivity contribution >= 4 is 29.5 Å². The molecule has 124 valence electrons. The zero-order valence-electron chi connectivity index (χ0n) is 13.7. The van der Waals surface area contributed by atoms with Crippen LogP contribution in [0.2, 0.25) is 5.15 Å². The number of hydrogen-bond donors (Lipinski definition) is 1. The smallest absolute Gasteiger partial charge is 0.235 e. The molecule has 2 heterocycles. The molecule has 0 fully saturated rings. The van der Waals surface area contributed by atoms with E-state index in [0.717, 1.165) is 16.2 Å². The van der Waals surface area contributed by atoms with Gasteiger partial charge in [-0.3, -0.25) is 9.40 Å². The first-order valence-corrected chi connectivity index (χ1v) is 8.78. The van der Waals surface area contributed by atoms with Gasteiger partial charge in [0.15, 0.2) is 0 Å². The SMILES string of the molecule is CC(C)c1ccccc1-c1cc(Cl)nc(NSc2cnn(C)c2)n1. The van der Waals surface area contributed by atoms with E-state index >= 15 is 0 Å². The lowest BCUT2D eigenvalue weighted by molar-refractivity contribution is 0.766. The molecule has 0 aliphatic carbocycles. The van der Waals surface area contributed by atoms with Crippen LogP contribution >= 0.6 is 23.5 Å². The number of nitrogens with zero attached hydrogens (tertiary/aromatic N) is 4. The number of benzene rings is 1. The first-order chi connectivity index (χ1) is 11.5. The Morgan fingerprint density at radius 2 is 2.00 bits per heavy atom. The quantitative estimate of drug-likeness (QED) is 0.525. The Labute approximate surface area is 150 Å². The summed E-state index contributed by atoms with van der Waals surface area (Å²) in [4.78, 5) is 9.84. The molecule has 7 heteroatoms. The molecule has 0 radical (unpaired) electrons. The van der Waals surface area contributed by atoms with E-state index in [1.807, 2.05) is 25.4 Å². The van der Waals surface area contributed by atoms with E-state index in [0.29, 0.717) is 17.0 Å². The lowest BCUT2D eigenvalue weighted by Crippen LogP contribution is -1.99. The number of rotatable bonds is 5. The monoisotopic (exact) mass is 359 g/mol. The van der Waals surface area contributed by atoms with Crippen molar-refractivity contribution in [2.24, 2.45) is 7.05 Å². The van der Waals surface area contributed by atoms with Gasteiger partial charge in [0.05, 0.1) is 16.8 Å². The largest absolute Gasteiger partial charge is 0.294 e. The van der Waals surface area contributed by atoms with Crippen molar-refractivity contribution in [3.63, 3.8) is 0 Å². The zero-order chi connectivity index (χ0) is 17.1. The van der Waals surface area contributed by atoms with Gasteiger partial charge in [-0.25, -0.2) is 9.97 Å². The van der Waals surface area contributed by atoms with Crippen LogP contribution in [0, 0.1) is 0 Å². The Morgan fingerprint density at radius 3 is 2.71 bits per heavy atom. The van der Waals surface area contributed by atoms with E-state index in [1.54, 1.807) is 16.9 Å². The minimum absolute atomic E-state index is 0.399. The Balaban J connectivity index is 1.89. The molecule has 0 amide bonds. The summed E-state index contributed by atoms with van der Waals surface area (Å²) < 4.78 is 4.87. The van der Waals surface area contributed by atoms with Crippen LogP contribution < -0.4 is 4.72 Å². The van der Waals surface area contributed by atoms with Crippen LogP contribution in [-0.4, -0.2) is 19.7 Å². The normalized spacial score (nSPS) is 11.0. The van der Waals surface area contributed by atoms with Crippen molar-refractivity contribution in [1.29, 1.82) is 0 Å². The highest BCUT2D eigenvalue weighted by atomic mass is 35.5. The highest BCUT2D eigenvalue weighted by Gasteiger charge is 2.12. The second-order valence-electron chi connectivity index (χ2n) is 5.70. The summed E-state index contributed by atoms with van der Waals surface area (Å²) >= 11 is 7.60. The van der Waals surface area contributed by atoms with E-state index < -0.39 is 0 Å². The molecule has 3 rings (SSSR count). The minimum Gasteiger partial charge on any atom is -0.294 e. The molecule has 24 heavy (non-hydrogen) atoms. The van der Waals surface area contributed by atoms with Crippen LogP contribution in [0.25, 0.3) is 11.3 Å². The van der Waals surface area contributed by atoms with Gasteiger partial charge in [-0.1, -0.05) is 49.7 Å². The van der Waals surface area contributed by atoms with Gasteiger partial charge in [0.1, 0.15) is 5.15 Å². The van der Waals surface area contributed by atoms with Gasteiger partial charge in [0.25, 0.3) is 0 Å². The van der Waals surface area contributed by atoms with E-state index in [-0.39, 0.29) is 0 Å². The Hall–Kier alpha value is -2.05. The lowest BCUT2D eigenvalue weighted by atomic mass is 9.95. The molecule has 1 aromatic carbocycles. The minimum atomic E-state index is 0.399. The van der Waals surface area contributed by atoms with Crippen molar-refractivity contribution in [3.05, 3.63) is 53.4 Å². The van der Waals surface area contributed by atoms with E-state index in [2.05, 4.69) is 45.8 Å². The van der Waals surface area contributed by atoms with Crippen molar-refractivity contribution in [3.8, 4) is 11.3 Å². The molecule has 0 bridgehead atoms. The second-order valence-corrected chi connectivity index (χ2v) is 6.96. The lowest BCUT2D eigenvalue weighted by Gasteiger charge is -2.13. The molecule has 0 aliphatic rings. The maximum Gasteiger partial charge on any atom is 0.235 e. The highest BCUT2D eigenvalue weighted by molar-refractivity contribution is 8.00. The molecule has 0 atom stereocenters. The first-order valence-electron chi connectivity index (χ1n) is 7.58. The average molecular weight is 360 g/mol. The molecular formula is C17H18ClN5S. The van der Waals surface area contributed by atoms with Gasteiger partial charge in [-0.15, -0.1) is 0 Å². The molecule has 2 aromatic heterocycles. The predicted octanol–water partition coefficient (Wildman–Crippen LogP) is 4.77. The van der Waals surface area contributed by atoms with Crippen LogP contribution in [0.1, 0.15) is 25.3 Å². The maximum absolute atomic E-state index is 6.20. The fourth-order valence-electron chi connectivity index (χ4n) is 2.39. The molecule has 0 saturated heterocycles. The third-order valence-corrected chi connectivity index (χ3v) is 4.42. The second kappa shape index (κ2) is 7.23. The maximum atomic E-state index is 6.20. The molecule has 5 nitrogen and oxygen atoms in total. The van der Waals surface area contributed by atoms with Crippen LogP contribution in [-0.2, 0) is 7.05 Å². The molecule has 0 spiro atoms. The average Bonchev–Trinajstić information content (AvgIpc) is 2.98. The van der Waals surface area contributed by atoms with E-state index in [9.17, 15) is 0 Å². The fourth-order valence-corrected chi connectivity index (χ4v) is 3.18. The summed E-state index contributed by atoms with van der Waals surface area (Å²) in [6.07, 6.45) is 3.69. The summed E-state index contributed by atoms with van der Waals surface area (Å²) in [5.41, 5.74) is 3.12. The zero-order valence-corrected chi connectivity index (χ0v) is 15.3. The van der Waals surface area contributed by atoms with Gasteiger partial charge in [0.2, 0.25) is 5.95 Å². The van der Waals surface area contributed by atoms with Crippen LogP contribution in [0.4, 0.5) is 5.95 Å². The topological polar surface area (TPSA) is 55.6 Å².